The molecule has 3 heteroatoms. The first kappa shape index (κ1) is 15.5. The smallest absolute Gasteiger partial charge is 0.0309 e. The van der Waals surface area contributed by atoms with Crippen molar-refractivity contribution in [3.8, 4) is 0 Å². The summed E-state index contributed by atoms with van der Waals surface area (Å²) in [5, 5.41) is 3.91. The fraction of sp³-hybridized carbons (Fsp3) is 0.778. The molecule has 2 unspecified atom stereocenters. The Morgan fingerprint density at radius 2 is 2.14 bits per heavy atom. The Bertz CT molecular complexity index is 462. The maximum absolute atomic E-state index is 3.91. The molecule has 3 rings (SSSR count). The molecule has 1 aliphatic heterocycles. The number of piperazine rings is 1. The van der Waals surface area contributed by atoms with Gasteiger partial charge in [0, 0.05) is 40.5 Å². The van der Waals surface area contributed by atoms with Crippen LogP contribution in [0.2, 0.25) is 0 Å². The third-order valence-electron chi connectivity index (χ3n) is 5.56. The zero-order valence-electron chi connectivity index (χ0n) is 13.8. The molecular formula is C18H30N2S. The summed E-state index contributed by atoms with van der Waals surface area (Å²) in [6.07, 6.45) is 8.06. The lowest BCUT2D eigenvalue weighted by Crippen LogP contribution is -2.65. The van der Waals surface area contributed by atoms with Gasteiger partial charge in [-0.15, -0.1) is 11.3 Å². The lowest BCUT2D eigenvalue weighted by Gasteiger charge is -2.48. The van der Waals surface area contributed by atoms with Crippen LogP contribution in [0.4, 0.5) is 0 Å². The molecular weight excluding hydrogens is 276 g/mol. The minimum Gasteiger partial charge on any atom is -0.308 e. The van der Waals surface area contributed by atoms with Gasteiger partial charge >= 0.3 is 0 Å². The molecule has 1 saturated heterocycles. The van der Waals surface area contributed by atoms with Gasteiger partial charge in [0.15, 0.2) is 0 Å². The second-order valence-electron chi connectivity index (χ2n) is 7.17. The first-order chi connectivity index (χ1) is 10.1. The molecule has 2 aliphatic rings. The Morgan fingerprint density at radius 1 is 1.38 bits per heavy atom. The van der Waals surface area contributed by atoms with Crippen LogP contribution in [0.3, 0.4) is 0 Å². The van der Waals surface area contributed by atoms with Crippen molar-refractivity contribution in [2.75, 3.05) is 13.1 Å². The molecule has 1 aromatic rings. The summed E-state index contributed by atoms with van der Waals surface area (Å²) in [7, 11) is 0. The lowest BCUT2D eigenvalue weighted by molar-refractivity contribution is 0.0470. The fourth-order valence-corrected chi connectivity index (χ4v) is 5.28. The number of aryl methyl sites for hydroxylation is 1. The average molecular weight is 307 g/mol. The fourth-order valence-electron chi connectivity index (χ4n) is 4.27. The molecule has 1 N–H and O–H groups in total. The van der Waals surface area contributed by atoms with Gasteiger partial charge in [0.2, 0.25) is 0 Å². The van der Waals surface area contributed by atoms with Crippen molar-refractivity contribution >= 4 is 11.3 Å². The van der Waals surface area contributed by atoms with E-state index in [9.17, 15) is 0 Å². The van der Waals surface area contributed by atoms with E-state index in [1.165, 1.54) is 56.5 Å². The summed E-state index contributed by atoms with van der Waals surface area (Å²) in [6.45, 7) is 9.44. The molecule has 1 aromatic heterocycles. The van der Waals surface area contributed by atoms with Gasteiger partial charge in [-0.3, -0.25) is 4.90 Å². The lowest BCUT2D eigenvalue weighted by atomic mass is 9.90. The number of hydrogen-bond donors (Lipinski definition) is 1. The summed E-state index contributed by atoms with van der Waals surface area (Å²) in [5.74, 6) is 0. The van der Waals surface area contributed by atoms with E-state index >= 15 is 0 Å². The van der Waals surface area contributed by atoms with Crippen molar-refractivity contribution in [3.63, 3.8) is 0 Å². The molecule has 1 aliphatic carbocycles. The summed E-state index contributed by atoms with van der Waals surface area (Å²) in [4.78, 5) is 5.81. The normalized spacial score (nSPS) is 27.3. The van der Waals surface area contributed by atoms with E-state index in [0.717, 1.165) is 0 Å². The first-order valence-electron chi connectivity index (χ1n) is 8.68. The summed E-state index contributed by atoms with van der Waals surface area (Å²) >= 11 is 1.97. The SMILES string of the molecule is CCC1CNC2(CCCC2)CN1C(C)Cc1ccc(C)s1. The Kier molecular flexibility index (Phi) is 4.72. The molecule has 1 spiro atoms. The van der Waals surface area contributed by atoms with Crippen molar-refractivity contribution in [2.45, 2.75) is 76.9 Å². The predicted octanol–water partition coefficient (Wildman–Crippen LogP) is 3.98. The minimum absolute atomic E-state index is 0.436. The van der Waals surface area contributed by atoms with Crippen LogP contribution in [-0.2, 0) is 6.42 Å². The average Bonchev–Trinajstić information content (AvgIpc) is 3.09. The molecule has 2 heterocycles. The van der Waals surface area contributed by atoms with Gasteiger partial charge in [0.25, 0.3) is 0 Å². The van der Waals surface area contributed by atoms with E-state index in [-0.39, 0.29) is 0 Å². The second kappa shape index (κ2) is 6.39. The third kappa shape index (κ3) is 3.35. The molecule has 0 bridgehead atoms. The van der Waals surface area contributed by atoms with E-state index in [0.29, 0.717) is 17.6 Å². The van der Waals surface area contributed by atoms with Crippen LogP contribution >= 0.6 is 11.3 Å². The number of rotatable bonds is 4. The highest BCUT2D eigenvalue weighted by Gasteiger charge is 2.41. The second-order valence-corrected chi connectivity index (χ2v) is 8.54. The predicted molar refractivity (Wildman–Crippen MR) is 92.2 cm³/mol. The molecule has 0 aromatic carbocycles. The first-order valence-corrected chi connectivity index (χ1v) is 9.50. The van der Waals surface area contributed by atoms with Gasteiger partial charge in [0.1, 0.15) is 0 Å². The van der Waals surface area contributed by atoms with Crippen molar-refractivity contribution in [1.82, 2.24) is 10.2 Å². The Balaban J connectivity index is 1.69. The topological polar surface area (TPSA) is 15.3 Å². The molecule has 118 valence electrons. The third-order valence-corrected chi connectivity index (χ3v) is 6.58. The number of nitrogens with one attached hydrogen (secondary N) is 1. The van der Waals surface area contributed by atoms with Crippen LogP contribution < -0.4 is 5.32 Å². The molecule has 2 nitrogen and oxygen atoms in total. The van der Waals surface area contributed by atoms with Crippen LogP contribution in [0.5, 0.6) is 0 Å². The Hall–Kier alpha value is -0.380. The molecule has 1 saturated carbocycles. The van der Waals surface area contributed by atoms with Gasteiger partial charge in [-0.05, 0) is 51.7 Å². The van der Waals surface area contributed by atoms with E-state index in [2.05, 4.69) is 43.1 Å². The van der Waals surface area contributed by atoms with Crippen LogP contribution in [0.15, 0.2) is 12.1 Å². The van der Waals surface area contributed by atoms with Gasteiger partial charge in [-0.1, -0.05) is 19.8 Å². The Labute approximate surface area is 133 Å². The van der Waals surface area contributed by atoms with Crippen LogP contribution in [-0.4, -0.2) is 35.6 Å². The Morgan fingerprint density at radius 3 is 2.76 bits per heavy atom. The number of thiophene rings is 1. The monoisotopic (exact) mass is 306 g/mol. The van der Waals surface area contributed by atoms with Crippen molar-refractivity contribution in [1.29, 1.82) is 0 Å². The van der Waals surface area contributed by atoms with Gasteiger partial charge in [-0.2, -0.15) is 0 Å². The molecule has 2 atom stereocenters. The van der Waals surface area contributed by atoms with Gasteiger partial charge < -0.3 is 5.32 Å². The van der Waals surface area contributed by atoms with E-state index in [1.807, 2.05) is 11.3 Å². The summed E-state index contributed by atoms with van der Waals surface area (Å²) < 4.78 is 0. The van der Waals surface area contributed by atoms with Crippen molar-refractivity contribution in [3.05, 3.63) is 21.9 Å². The number of nitrogens with zero attached hydrogens (tertiary/aromatic N) is 1. The minimum atomic E-state index is 0.436. The van der Waals surface area contributed by atoms with Gasteiger partial charge in [0.05, 0.1) is 0 Å². The quantitative estimate of drug-likeness (QED) is 0.905. The van der Waals surface area contributed by atoms with Crippen LogP contribution in [0, 0.1) is 6.92 Å². The molecule has 21 heavy (non-hydrogen) atoms. The van der Waals surface area contributed by atoms with Crippen molar-refractivity contribution in [2.24, 2.45) is 0 Å². The van der Waals surface area contributed by atoms with Crippen LogP contribution in [0.1, 0.15) is 55.7 Å². The highest BCUT2D eigenvalue weighted by Crippen LogP contribution is 2.35. The summed E-state index contributed by atoms with van der Waals surface area (Å²) in [6, 6.07) is 5.96. The highest BCUT2D eigenvalue weighted by molar-refractivity contribution is 7.11. The van der Waals surface area contributed by atoms with Crippen molar-refractivity contribution < 1.29 is 0 Å². The van der Waals surface area contributed by atoms with E-state index in [4.69, 9.17) is 0 Å². The largest absolute Gasteiger partial charge is 0.308 e. The zero-order valence-corrected chi connectivity index (χ0v) is 14.6. The highest BCUT2D eigenvalue weighted by atomic mass is 32.1. The number of hydrogen-bond acceptors (Lipinski definition) is 3. The van der Waals surface area contributed by atoms with Crippen LogP contribution in [0.25, 0.3) is 0 Å². The maximum atomic E-state index is 3.91. The van der Waals surface area contributed by atoms with E-state index in [1.54, 1.807) is 4.88 Å². The standard InChI is InChI=1S/C18H30N2S/c1-4-16-12-19-18(9-5-6-10-18)13-20(16)14(2)11-17-8-7-15(3)21-17/h7-8,14,16,19H,4-6,9-13H2,1-3H3. The molecule has 0 radical (unpaired) electrons. The summed E-state index contributed by atoms with van der Waals surface area (Å²) in [5.41, 5.74) is 0.436. The molecule has 2 fully saturated rings. The zero-order chi connectivity index (χ0) is 14.9. The van der Waals surface area contributed by atoms with E-state index < -0.39 is 0 Å². The van der Waals surface area contributed by atoms with Gasteiger partial charge in [-0.25, -0.2) is 0 Å². The molecule has 0 amide bonds. The maximum Gasteiger partial charge on any atom is 0.0309 e.